The molecule has 1 saturated heterocycles. The van der Waals surface area contributed by atoms with E-state index >= 15 is 0 Å². The number of aromatic nitrogens is 2. The fraction of sp³-hybridized carbons (Fsp3) is 0.706. The number of carboxylic acid groups (broad SMARTS) is 1. The van der Waals surface area contributed by atoms with Gasteiger partial charge in [0.05, 0.1) is 18.8 Å². The molecule has 1 atom stereocenters. The highest BCUT2D eigenvalue weighted by molar-refractivity contribution is 5.79. The van der Waals surface area contributed by atoms with Gasteiger partial charge in [-0.05, 0) is 31.7 Å². The van der Waals surface area contributed by atoms with Crippen molar-refractivity contribution in [3.63, 3.8) is 0 Å². The SMILES string of the molecule is Cc1nn(CC(C)C)c(C)c1CCC(=O)N1CCO[C@H](C(=O)O)C1. The second-order valence-corrected chi connectivity index (χ2v) is 6.76. The topological polar surface area (TPSA) is 84.7 Å². The van der Waals surface area contributed by atoms with Crippen LogP contribution in [0.25, 0.3) is 0 Å². The number of carbonyl (C=O) groups is 2. The Labute approximate surface area is 142 Å². The summed E-state index contributed by atoms with van der Waals surface area (Å²) in [6.07, 6.45) is 0.0745. The summed E-state index contributed by atoms with van der Waals surface area (Å²) in [5.41, 5.74) is 3.19. The molecule has 24 heavy (non-hydrogen) atoms. The Kier molecular flexibility index (Phi) is 5.99. The monoisotopic (exact) mass is 337 g/mol. The largest absolute Gasteiger partial charge is 0.479 e. The maximum Gasteiger partial charge on any atom is 0.334 e. The van der Waals surface area contributed by atoms with Crippen LogP contribution >= 0.6 is 0 Å². The van der Waals surface area contributed by atoms with Gasteiger partial charge in [-0.25, -0.2) is 4.79 Å². The summed E-state index contributed by atoms with van der Waals surface area (Å²) >= 11 is 0. The van der Waals surface area contributed by atoms with E-state index in [2.05, 4.69) is 18.9 Å². The van der Waals surface area contributed by atoms with Crippen molar-refractivity contribution >= 4 is 11.9 Å². The number of hydrogen-bond donors (Lipinski definition) is 1. The van der Waals surface area contributed by atoms with E-state index in [1.807, 2.05) is 18.5 Å². The van der Waals surface area contributed by atoms with Crippen LogP contribution in [0, 0.1) is 19.8 Å². The minimum Gasteiger partial charge on any atom is -0.479 e. The molecule has 2 heterocycles. The van der Waals surface area contributed by atoms with E-state index in [0.717, 1.165) is 23.5 Å². The first kappa shape index (κ1) is 18.4. The number of morpholine rings is 1. The van der Waals surface area contributed by atoms with Crippen molar-refractivity contribution < 1.29 is 19.4 Å². The molecule has 1 amide bonds. The van der Waals surface area contributed by atoms with E-state index < -0.39 is 12.1 Å². The first-order valence-electron chi connectivity index (χ1n) is 8.44. The van der Waals surface area contributed by atoms with Crippen LogP contribution in [-0.4, -0.2) is 57.5 Å². The van der Waals surface area contributed by atoms with Gasteiger partial charge >= 0.3 is 5.97 Å². The van der Waals surface area contributed by atoms with Crippen molar-refractivity contribution in [3.05, 3.63) is 17.0 Å². The van der Waals surface area contributed by atoms with E-state index in [-0.39, 0.29) is 19.1 Å². The van der Waals surface area contributed by atoms with Crippen molar-refractivity contribution in [2.75, 3.05) is 19.7 Å². The molecule has 1 fully saturated rings. The lowest BCUT2D eigenvalue weighted by atomic mass is 10.1. The lowest BCUT2D eigenvalue weighted by Crippen LogP contribution is -2.48. The van der Waals surface area contributed by atoms with Crippen molar-refractivity contribution in [1.82, 2.24) is 14.7 Å². The summed E-state index contributed by atoms with van der Waals surface area (Å²) in [6, 6.07) is 0. The van der Waals surface area contributed by atoms with Crippen LogP contribution < -0.4 is 0 Å². The average molecular weight is 337 g/mol. The summed E-state index contributed by atoms with van der Waals surface area (Å²) in [4.78, 5) is 25.0. The lowest BCUT2D eigenvalue weighted by molar-refractivity contribution is -0.159. The quantitative estimate of drug-likeness (QED) is 0.848. The highest BCUT2D eigenvalue weighted by Crippen LogP contribution is 2.17. The normalized spacial score (nSPS) is 18.2. The number of aliphatic carboxylic acids is 1. The fourth-order valence-corrected chi connectivity index (χ4v) is 3.03. The van der Waals surface area contributed by atoms with Gasteiger partial charge in [0, 0.05) is 25.2 Å². The summed E-state index contributed by atoms with van der Waals surface area (Å²) in [7, 11) is 0. The number of aryl methyl sites for hydroxylation is 1. The van der Waals surface area contributed by atoms with Crippen molar-refractivity contribution in [2.45, 2.75) is 53.2 Å². The molecule has 0 aromatic carbocycles. The van der Waals surface area contributed by atoms with Gasteiger partial charge in [0.15, 0.2) is 6.10 Å². The maximum absolute atomic E-state index is 12.4. The van der Waals surface area contributed by atoms with Crippen molar-refractivity contribution in [2.24, 2.45) is 5.92 Å². The summed E-state index contributed by atoms with van der Waals surface area (Å²) < 4.78 is 7.16. The third-order valence-corrected chi connectivity index (χ3v) is 4.35. The van der Waals surface area contributed by atoms with E-state index in [9.17, 15) is 9.59 Å². The minimum atomic E-state index is -1.02. The number of nitrogens with zero attached hydrogens (tertiary/aromatic N) is 3. The molecule has 7 heteroatoms. The highest BCUT2D eigenvalue weighted by atomic mass is 16.5. The van der Waals surface area contributed by atoms with Gasteiger partial charge in [-0.1, -0.05) is 13.8 Å². The smallest absolute Gasteiger partial charge is 0.334 e. The van der Waals surface area contributed by atoms with E-state index in [4.69, 9.17) is 9.84 Å². The number of carbonyl (C=O) groups excluding carboxylic acids is 1. The van der Waals surface area contributed by atoms with Gasteiger partial charge in [0.2, 0.25) is 5.91 Å². The van der Waals surface area contributed by atoms with Gasteiger partial charge in [-0.3, -0.25) is 9.48 Å². The summed E-state index contributed by atoms with van der Waals surface area (Å²) in [6.45, 7) is 10.0. The third-order valence-electron chi connectivity index (χ3n) is 4.35. The van der Waals surface area contributed by atoms with Gasteiger partial charge in [-0.15, -0.1) is 0 Å². The molecular weight excluding hydrogens is 310 g/mol. The van der Waals surface area contributed by atoms with Crippen LogP contribution in [0.1, 0.15) is 37.2 Å². The third kappa shape index (κ3) is 4.35. The van der Waals surface area contributed by atoms with Gasteiger partial charge in [0.25, 0.3) is 0 Å². The number of amides is 1. The van der Waals surface area contributed by atoms with Crippen LogP contribution in [0.3, 0.4) is 0 Å². The molecule has 1 aromatic rings. The molecule has 134 valence electrons. The molecule has 1 aliphatic heterocycles. The second kappa shape index (κ2) is 7.79. The Bertz CT molecular complexity index is 609. The molecule has 0 bridgehead atoms. The zero-order chi connectivity index (χ0) is 17.9. The van der Waals surface area contributed by atoms with Crippen LogP contribution in [0.5, 0.6) is 0 Å². The standard InChI is InChI=1S/C17H27N3O4/c1-11(2)9-20-13(4)14(12(3)18-20)5-6-16(21)19-7-8-24-15(10-19)17(22)23/h11,15H,5-10H2,1-4H3,(H,22,23)/t15-/m0/s1. The molecule has 0 unspecified atom stereocenters. The number of ether oxygens (including phenoxy) is 1. The molecule has 0 radical (unpaired) electrons. The van der Waals surface area contributed by atoms with Crippen LogP contribution in [0.15, 0.2) is 0 Å². The van der Waals surface area contributed by atoms with E-state index in [1.54, 1.807) is 4.90 Å². The Morgan fingerprint density at radius 2 is 2.08 bits per heavy atom. The Hall–Kier alpha value is -1.89. The summed E-state index contributed by atoms with van der Waals surface area (Å²) in [5, 5.41) is 13.6. The van der Waals surface area contributed by atoms with Gasteiger partial charge < -0.3 is 14.7 Å². The van der Waals surface area contributed by atoms with Gasteiger partial charge in [0.1, 0.15) is 0 Å². The Morgan fingerprint density at radius 3 is 2.71 bits per heavy atom. The zero-order valence-corrected chi connectivity index (χ0v) is 14.9. The zero-order valence-electron chi connectivity index (χ0n) is 14.9. The van der Waals surface area contributed by atoms with E-state index in [0.29, 0.717) is 25.3 Å². The highest BCUT2D eigenvalue weighted by Gasteiger charge is 2.28. The second-order valence-electron chi connectivity index (χ2n) is 6.76. The molecule has 7 nitrogen and oxygen atoms in total. The molecule has 0 saturated carbocycles. The van der Waals surface area contributed by atoms with E-state index in [1.165, 1.54) is 0 Å². The number of rotatable bonds is 6. The first-order chi connectivity index (χ1) is 11.3. The minimum absolute atomic E-state index is 0.0278. The Morgan fingerprint density at radius 1 is 1.38 bits per heavy atom. The van der Waals surface area contributed by atoms with Crippen LogP contribution in [-0.2, 0) is 27.3 Å². The van der Waals surface area contributed by atoms with Crippen LogP contribution in [0.4, 0.5) is 0 Å². The predicted molar refractivity (Wildman–Crippen MR) is 88.8 cm³/mol. The van der Waals surface area contributed by atoms with Crippen molar-refractivity contribution in [1.29, 1.82) is 0 Å². The molecule has 1 N–H and O–H groups in total. The van der Waals surface area contributed by atoms with Gasteiger partial charge in [-0.2, -0.15) is 5.10 Å². The molecule has 0 spiro atoms. The molecule has 1 aromatic heterocycles. The first-order valence-corrected chi connectivity index (χ1v) is 8.44. The van der Waals surface area contributed by atoms with Crippen LogP contribution in [0.2, 0.25) is 0 Å². The predicted octanol–water partition coefficient (Wildman–Crippen LogP) is 1.40. The molecule has 0 aliphatic carbocycles. The Balaban J connectivity index is 1.96. The average Bonchev–Trinajstić information content (AvgIpc) is 2.78. The number of carboxylic acids is 1. The lowest BCUT2D eigenvalue weighted by Gasteiger charge is -2.31. The van der Waals surface area contributed by atoms with Crippen molar-refractivity contribution in [3.8, 4) is 0 Å². The molecule has 1 aliphatic rings. The summed E-state index contributed by atoms with van der Waals surface area (Å²) in [5.74, 6) is -0.534. The fourth-order valence-electron chi connectivity index (χ4n) is 3.03. The molecular formula is C17H27N3O4. The maximum atomic E-state index is 12.4. The number of hydrogen-bond acceptors (Lipinski definition) is 4. The molecule has 2 rings (SSSR count).